The van der Waals surface area contributed by atoms with Crippen LogP contribution in [0.25, 0.3) is 99.1 Å². The van der Waals surface area contributed by atoms with Gasteiger partial charge in [0.1, 0.15) is 0 Å². The Morgan fingerprint density at radius 3 is 0.811 bits per heavy atom. The number of hydrogen-bond acceptors (Lipinski definition) is 0. The second kappa shape index (κ2) is 16.1. The van der Waals surface area contributed by atoms with E-state index in [9.17, 15) is 0 Å². The summed E-state index contributed by atoms with van der Waals surface area (Å²) in [5.41, 5.74) is 27.2. The average Bonchev–Trinajstić information content (AvgIpc) is 4.02. The van der Waals surface area contributed by atoms with Crippen molar-refractivity contribution in [3.05, 3.63) is 227 Å². The normalized spacial score (nSPS) is 17.0. The van der Waals surface area contributed by atoms with Crippen molar-refractivity contribution in [3.8, 4) is 44.5 Å². The van der Waals surface area contributed by atoms with Gasteiger partial charge in [-0.25, -0.2) is 0 Å². The topological polar surface area (TPSA) is 0 Å². The van der Waals surface area contributed by atoms with Crippen LogP contribution in [0.3, 0.4) is 0 Å². The van der Waals surface area contributed by atoms with Crippen LogP contribution >= 0.6 is 0 Å². The number of hydrogen-bond donors (Lipinski definition) is 0. The fourth-order valence-corrected chi connectivity index (χ4v) is 13.2. The van der Waals surface area contributed by atoms with Crippen molar-refractivity contribution in [2.45, 2.75) is 105 Å². The first-order chi connectivity index (χ1) is 35.3. The Balaban J connectivity index is 1.19. The Hall–Kier alpha value is -7.28. The summed E-state index contributed by atoms with van der Waals surface area (Å²) in [6.07, 6.45) is 10.3. The third-order valence-electron chi connectivity index (χ3n) is 17.1. The van der Waals surface area contributed by atoms with Crippen LogP contribution in [0.15, 0.2) is 182 Å². The molecule has 0 atom stereocenters. The molecule has 9 aromatic rings. The van der Waals surface area contributed by atoms with Gasteiger partial charge in [0, 0.05) is 11.8 Å². The van der Waals surface area contributed by atoms with E-state index >= 15 is 0 Å². The molecule has 13 rings (SSSR count). The zero-order chi connectivity index (χ0) is 51.4. The van der Waals surface area contributed by atoms with Crippen molar-refractivity contribution >= 4 is 54.6 Å². The molecule has 0 spiro atoms. The SMILES string of the molecule is CC(C)(C)c1cc(-c2c3c(c(-c4cc(C(C)(C)C)cc(C(C)(C)C)c4)c4ccccc24)C2=CC=C4c5c(c(-c6ccccc6)c6cc7ccccc7cc6c5-c5ccccc5)C5=CC=C3C2C54)cc(C(C)(C)C)c1. The minimum atomic E-state index is -0.0410. The lowest BCUT2D eigenvalue weighted by atomic mass is 9.71. The maximum Gasteiger partial charge on any atom is 0.0212 e. The van der Waals surface area contributed by atoms with Crippen LogP contribution in [0, 0.1) is 11.8 Å². The molecule has 0 amide bonds. The highest BCUT2D eigenvalue weighted by molar-refractivity contribution is 6.25. The van der Waals surface area contributed by atoms with Gasteiger partial charge >= 0.3 is 0 Å². The summed E-state index contributed by atoms with van der Waals surface area (Å²) >= 11 is 0. The van der Waals surface area contributed by atoms with E-state index in [0.29, 0.717) is 0 Å². The zero-order valence-electron chi connectivity index (χ0n) is 45.5. The second-order valence-electron chi connectivity index (χ2n) is 26.1. The first-order valence-corrected chi connectivity index (χ1v) is 27.2. The smallest absolute Gasteiger partial charge is 0.0212 e. The number of rotatable bonds is 4. The Labute approximate surface area is 439 Å². The lowest BCUT2D eigenvalue weighted by Crippen LogP contribution is -2.18. The summed E-state index contributed by atoms with van der Waals surface area (Å²) in [4.78, 5) is 0. The predicted molar refractivity (Wildman–Crippen MR) is 321 cm³/mol. The van der Waals surface area contributed by atoms with Gasteiger partial charge in [-0.15, -0.1) is 0 Å². The van der Waals surface area contributed by atoms with Gasteiger partial charge in [0.2, 0.25) is 0 Å². The van der Waals surface area contributed by atoms with Crippen LogP contribution in [-0.4, -0.2) is 0 Å². The van der Waals surface area contributed by atoms with Gasteiger partial charge < -0.3 is 0 Å². The molecule has 0 N–H and O–H groups in total. The van der Waals surface area contributed by atoms with Gasteiger partial charge in [0.25, 0.3) is 0 Å². The van der Waals surface area contributed by atoms with Crippen LogP contribution in [0.1, 0.15) is 128 Å². The standard InChI is InChI=1S/C74H68/c1-71(2,3)49-35-47(36-50(41-49)72(4,5)6)63-53-29-21-22-30-54(53)64(48-37-51(73(7,8)9)42-52(38-48)74(10,11)12)70-58-34-32-56-65-55(31-33-57(66(58)65)69(63)70)67-61(43-23-15-13-16-24-43)59-39-45-27-19-20-28-46(45)40-60(59)62(68(56)67)44-25-17-14-18-26-44/h13-42,65-66H,1-12H3. The molecule has 74 heavy (non-hydrogen) atoms. The van der Waals surface area contributed by atoms with Crippen LogP contribution in [-0.2, 0) is 21.7 Å². The van der Waals surface area contributed by atoms with Crippen molar-refractivity contribution in [2.24, 2.45) is 11.8 Å². The Kier molecular flexibility index (Phi) is 10.1. The van der Waals surface area contributed by atoms with Crippen LogP contribution < -0.4 is 0 Å². The average molecular weight is 957 g/mol. The van der Waals surface area contributed by atoms with Gasteiger partial charge in [-0.05, 0) is 177 Å². The van der Waals surface area contributed by atoms with Gasteiger partial charge in [-0.1, -0.05) is 253 Å². The van der Waals surface area contributed by atoms with E-state index in [1.807, 2.05) is 0 Å². The summed E-state index contributed by atoms with van der Waals surface area (Å²) in [5, 5.41) is 7.79. The summed E-state index contributed by atoms with van der Waals surface area (Å²) in [6.45, 7) is 28.5. The summed E-state index contributed by atoms with van der Waals surface area (Å²) < 4.78 is 0. The quantitative estimate of drug-likeness (QED) is 0.154. The lowest BCUT2D eigenvalue weighted by Gasteiger charge is -2.31. The number of allylic oxidation sites excluding steroid dienone is 8. The molecule has 0 heteroatoms. The minimum absolute atomic E-state index is 0.0410. The van der Waals surface area contributed by atoms with E-state index in [-0.39, 0.29) is 33.5 Å². The molecular formula is C74H68. The van der Waals surface area contributed by atoms with Gasteiger partial charge in [0.05, 0.1) is 0 Å². The molecule has 4 aliphatic carbocycles. The van der Waals surface area contributed by atoms with E-state index in [1.165, 1.54) is 144 Å². The monoisotopic (exact) mass is 957 g/mol. The largest absolute Gasteiger partial charge is 0.0622 e. The highest BCUT2D eigenvalue weighted by Crippen LogP contribution is 2.68. The van der Waals surface area contributed by atoms with Crippen molar-refractivity contribution in [3.63, 3.8) is 0 Å². The fraction of sp³-hybridized carbons (Fsp3) is 0.243. The molecular weight excluding hydrogens is 889 g/mol. The van der Waals surface area contributed by atoms with Crippen molar-refractivity contribution < 1.29 is 0 Å². The number of benzene rings is 9. The molecule has 0 aliphatic heterocycles. The van der Waals surface area contributed by atoms with E-state index < -0.39 is 0 Å². The predicted octanol–water partition coefficient (Wildman–Crippen LogP) is 20.5. The van der Waals surface area contributed by atoms with Crippen molar-refractivity contribution in [2.75, 3.05) is 0 Å². The van der Waals surface area contributed by atoms with Gasteiger partial charge in [-0.3, -0.25) is 0 Å². The van der Waals surface area contributed by atoms with Crippen molar-refractivity contribution in [1.82, 2.24) is 0 Å². The molecule has 0 heterocycles. The van der Waals surface area contributed by atoms with Crippen molar-refractivity contribution in [1.29, 1.82) is 0 Å². The maximum atomic E-state index is 2.57. The highest BCUT2D eigenvalue weighted by Gasteiger charge is 2.51. The summed E-state index contributed by atoms with van der Waals surface area (Å²) in [7, 11) is 0. The number of fused-ring (bicyclic) bond motifs is 9. The van der Waals surface area contributed by atoms with Crippen LogP contribution in [0.2, 0.25) is 0 Å². The molecule has 0 saturated heterocycles. The molecule has 4 aliphatic rings. The molecule has 0 radical (unpaired) electrons. The second-order valence-corrected chi connectivity index (χ2v) is 26.1. The molecule has 364 valence electrons. The molecule has 0 aromatic heterocycles. The van der Waals surface area contributed by atoms with Crippen LogP contribution in [0.5, 0.6) is 0 Å². The van der Waals surface area contributed by atoms with Crippen LogP contribution in [0.4, 0.5) is 0 Å². The van der Waals surface area contributed by atoms with Gasteiger partial charge in [-0.2, -0.15) is 0 Å². The Morgan fingerprint density at radius 1 is 0.243 bits per heavy atom. The molecule has 0 saturated carbocycles. The molecule has 9 aromatic carbocycles. The third-order valence-corrected chi connectivity index (χ3v) is 17.1. The van der Waals surface area contributed by atoms with Gasteiger partial charge in [0.15, 0.2) is 0 Å². The first kappa shape index (κ1) is 46.5. The summed E-state index contributed by atoms with van der Waals surface area (Å²) in [6, 6.07) is 60.9. The highest BCUT2D eigenvalue weighted by atomic mass is 14.5. The minimum Gasteiger partial charge on any atom is -0.0622 e. The molecule has 0 fully saturated rings. The van der Waals surface area contributed by atoms with E-state index in [1.54, 1.807) is 0 Å². The van der Waals surface area contributed by atoms with E-state index in [2.05, 4.69) is 265 Å². The molecule has 0 nitrogen and oxygen atoms in total. The maximum absolute atomic E-state index is 2.57. The molecule has 0 unspecified atom stereocenters. The first-order valence-electron chi connectivity index (χ1n) is 27.2. The molecule has 0 bridgehead atoms. The summed E-state index contributed by atoms with van der Waals surface area (Å²) in [5.74, 6) is 0.261. The lowest BCUT2D eigenvalue weighted by molar-refractivity contribution is 0.568. The van der Waals surface area contributed by atoms with E-state index in [0.717, 1.165) is 0 Å². The Morgan fingerprint density at radius 2 is 0.514 bits per heavy atom. The third kappa shape index (κ3) is 7.08. The zero-order valence-corrected chi connectivity index (χ0v) is 45.5. The fourth-order valence-electron chi connectivity index (χ4n) is 13.2. The Bertz CT molecular complexity index is 3680. The van der Waals surface area contributed by atoms with E-state index in [4.69, 9.17) is 0 Å².